The number of piperidine rings is 1. The molecule has 1 N–H and O–H groups in total. The van der Waals surface area contributed by atoms with Gasteiger partial charge < -0.3 is 15.1 Å². The van der Waals surface area contributed by atoms with E-state index in [0.29, 0.717) is 19.0 Å². The number of amides is 2. The molecule has 0 aromatic rings. The van der Waals surface area contributed by atoms with E-state index in [2.05, 4.69) is 17.1 Å². The number of likely N-dealkylation sites (tertiary alicyclic amines) is 2. The van der Waals surface area contributed by atoms with Crippen LogP contribution in [0.3, 0.4) is 0 Å². The molecule has 2 atom stereocenters. The van der Waals surface area contributed by atoms with Crippen molar-refractivity contribution in [3.05, 3.63) is 0 Å². The molecule has 0 aromatic heterocycles. The lowest BCUT2D eigenvalue weighted by Crippen LogP contribution is -2.41. The van der Waals surface area contributed by atoms with E-state index in [9.17, 15) is 9.59 Å². The number of carbonyl (C=O) groups excluding carboxylic acids is 2. The van der Waals surface area contributed by atoms with Gasteiger partial charge >= 0.3 is 0 Å². The zero-order chi connectivity index (χ0) is 17.6. The molecule has 3 rings (SSSR count). The van der Waals surface area contributed by atoms with Gasteiger partial charge in [-0.2, -0.15) is 0 Å². The average Bonchev–Trinajstić information content (AvgIpc) is 3.28. The molecule has 2 heterocycles. The SMILES string of the molecule is CC[C@@H]1CCCCN1CCCNC(=O)[C@@H]1CC(=O)N(C2CCCC2)C1. The third kappa shape index (κ3) is 4.75. The first-order chi connectivity index (χ1) is 12.2. The Morgan fingerprint density at radius 3 is 2.68 bits per heavy atom. The number of nitrogens with zero attached hydrogens (tertiary/aromatic N) is 2. The van der Waals surface area contributed by atoms with Gasteiger partial charge in [-0.1, -0.05) is 26.2 Å². The van der Waals surface area contributed by atoms with Crippen molar-refractivity contribution in [2.45, 2.75) is 83.2 Å². The quantitative estimate of drug-likeness (QED) is 0.719. The van der Waals surface area contributed by atoms with E-state index in [-0.39, 0.29) is 17.7 Å². The van der Waals surface area contributed by atoms with Gasteiger partial charge in [0.25, 0.3) is 0 Å². The lowest BCUT2D eigenvalue weighted by molar-refractivity contribution is -0.130. The molecular weight excluding hydrogens is 314 g/mol. The molecule has 142 valence electrons. The monoisotopic (exact) mass is 349 g/mol. The minimum absolute atomic E-state index is 0.0829. The molecule has 25 heavy (non-hydrogen) atoms. The van der Waals surface area contributed by atoms with Crippen LogP contribution in [-0.4, -0.2) is 59.9 Å². The summed E-state index contributed by atoms with van der Waals surface area (Å²) in [4.78, 5) is 29.2. The fourth-order valence-electron chi connectivity index (χ4n) is 4.93. The molecule has 3 aliphatic rings. The first-order valence-electron chi connectivity index (χ1n) is 10.5. The average molecular weight is 350 g/mol. The van der Waals surface area contributed by atoms with Crippen LogP contribution >= 0.6 is 0 Å². The second-order valence-electron chi connectivity index (χ2n) is 8.12. The Hall–Kier alpha value is -1.10. The Kier molecular flexibility index (Phi) is 6.74. The topological polar surface area (TPSA) is 52.7 Å². The van der Waals surface area contributed by atoms with E-state index in [4.69, 9.17) is 0 Å². The maximum absolute atomic E-state index is 12.4. The maximum Gasteiger partial charge on any atom is 0.225 e. The minimum Gasteiger partial charge on any atom is -0.356 e. The summed E-state index contributed by atoms with van der Waals surface area (Å²) in [5.74, 6) is 0.136. The van der Waals surface area contributed by atoms with Crippen molar-refractivity contribution < 1.29 is 9.59 Å². The summed E-state index contributed by atoms with van der Waals surface area (Å²) in [6.45, 7) is 5.94. The summed E-state index contributed by atoms with van der Waals surface area (Å²) in [6.07, 6.45) is 11.3. The van der Waals surface area contributed by atoms with Crippen LogP contribution in [0.1, 0.15) is 71.1 Å². The second-order valence-corrected chi connectivity index (χ2v) is 8.12. The van der Waals surface area contributed by atoms with Crippen LogP contribution in [0, 0.1) is 5.92 Å². The standard InChI is InChI=1S/C20H35N3O2/c1-2-17-8-5-6-12-22(17)13-7-11-21-20(25)16-14-19(24)23(15-16)18-9-3-4-10-18/h16-18H,2-15H2,1H3,(H,21,25)/t16-,17-/m1/s1. The number of carbonyl (C=O) groups is 2. The van der Waals surface area contributed by atoms with Crippen LogP contribution in [0.25, 0.3) is 0 Å². The van der Waals surface area contributed by atoms with Crippen LogP contribution in [-0.2, 0) is 9.59 Å². The molecule has 0 radical (unpaired) electrons. The normalized spacial score (nSPS) is 28.7. The van der Waals surface area contributed by atoms with Gasteiger partial charge in [0.05, 0.1) is 5.92 Å². The third-order valence-electron chi connectivity index (χ3n) is 6.44. The lowest BCUT2D eigenvalue weighted by atomic mass is 10.00. The first-order valence-corrected chi connectivity index (χ1v) is 10.5. The van der Waals surface area contributed by atoms with Crippen LogP contribution in [0.2, 0.25) is 0 Å². The fourth-order valence-corrected chi connectivity index (χ4v) is 4.93. The zero-order valence-corrected chi connectivity index (χ0v) is 15.8. The van der Waals surface area contributed by atoms with Crippen LogP contribution in [0.5, 0.6) is 0 Å². The largest absolute Gasteiger partial charge is 0.356 e. The molecule has 0 bridgehead atoms. The van der Waals surface area contributed by atoms with Crippen molar-refractivity contribution >= 4 is 11.8 Å². The number of rotatable bonds is 7. The van der Waals surface area contributed by atoms with Crippen LogP contribution in [0.4, 0.5) is 0 Å². The molecule has 2 amide bonds. The van der Waals surface area contributed by atoms with Crippen molar-refractivity contribution in [3.8, 4) is 0 Å². The van der Waals surface area contributed by atoms with Gasteiger partial charge in [0.1, 0.15) is 0 Å². The minimum atomic E-state index is -0.133. The van der Waals surface area contributed by atoms with E-state index in [1.807, 2.05) is 4.90 Å². The molecule has 5 nitrogen and oxygen atoms in total. The van der Waals surface area contributed by atoms with Crippen molar-refractivity contribution in [1.82, 2.24) is 15.1 Å². The summed E-state index contributed by atoms with van der Waals surface area (Å²) in [5.41, 5.74) is 0. The smallest absolute Gasteiger partial charge is 0.225 e. The van der Waals surface area contributed by atoms with Crippen LogP contribution < -0.4 is 5.32 Å². The Morgan fingerprint density at radius 1 is 1.16 bits per heavy atom. The molecule has 0 aromatic carbocycles. The molecule has 2 saturated heterocycles. The Bertz CT molecular complexity index is 462. The van der Waals surface area contributed by atoms with Crippen LogP contribution in [0.15, 0.2) is 0 Å². The predicted molar refractivity (Wildman–Crippen MR) is 99.2 cm³/mol. The molecule has 1 saturated carbocycles. The van der Waals surface area contributed by atoms with Crippen molar-refractivity contribution in [2.75, 3.05) is 26.2 Å². The van der Waals surface area contributed by atoms with E-state index < -0.39 is 0 Å². The highest BCUT2D eigenvalue weighted by atomic mass is 16.2. The summed E-state index contributed by atoms with van der Waals surface area (Å²) in [5, 5.41) is 3.08. The molecule has 3 fully saturated rings. The second kappa shape index (κ2) is 9.02. The molecule has 0 unspecified atom stereocenters. The van der Waals surface area contributed by atoms with Gasteiger partial charge in [0, 0.05) is 38.1 Å². The summed E-state index contributed by atoms with van der Waals surface area (Å²) in [6, 6.07) is 1.13. The van der Waals surface area contributed by atoms with Gasteiger partial charge in [0.2, 0.25) is 11.8 Å². The van der Waals surface area contributed by atoms with Crippen molar-refractivity contribution in [2.24, 2.45) is 5.92 Å². The zero-order valence-electron chi connectivity index (χ0n) is 15.8. The van der Waals surface area contributed by atoms with Gasteiger partial charge in [-0.15, -0.1) is 0 Å². The van der Waals surface area contributed by atoms with Crippen molar-refractivity contribution in [3.63, 3.8) is 0 Å². The molecule has 5 heteroatoms. The van der Waals surface area contributed by atoms with Crippen molar-refractivity contribution in [1.29, 1.82) is 0 Å². The van der Waals surface area contributed by atoms with E-state index in [1.54, 1.807) is 0 Å². The highest BCUT2D eigenvalue weighted by Crippen LogP contribution is 2.29. The molecule has 2 aliphatic heterocycles. The van der Waals surface area contributed by atoms with Gasteiger partial charge in [0.15, 0.2) is 0 Å². The first kappa shape index (κ1) is 18.7. The third-order valence-corrected chi connectivity index (χ3v) is 6.44. The lowest BCUT2D eigenvalue weighted by Gasteiger charge is -2.35. The Labute approximate surface area is 152 Å². The Morgan fingerprint density at radius 2 is 1.92 bits per heavy atom. The number of hydrogen-bond acceptors (Lipinski definition) is 3. The molecule has 0 spiro atoms. The summed E-state index contributed by atoms with van der Waals surface area (Å²) < 4.78 is 0. The highest BCUT2D eigenvalue weighted by molar-refractivity contribution is 5.89. The van der Waals surface area contributed by atoms with E-state index >= 15 is 0 Å². The van der Waals surface area contributed by atoms with Gasteiger partial charge in [-0.3, -0.25) is 9.59 Å². The number of nitrogens with one attached hydrogen (secondary N) is 1. The maximum atomic E-state index is 12.4. The number of hydrogen-bond donors (Lipinski definition) is 1. The van der Waals surface area contributed by atoms with Gasteiger partial charge in [-0.05, 0) is 45.1 Å². The Balaban J connectivity index is 1.36. The van der Waals surface area contributed by atoms with Gasteiger partial charge in [-0.25, -0.2) is 0 Å². The molecule has 1 aliphatic carbocycles. The summed E-state index contributed by atoms with van der Waals surface area (Å²) in [7, 11) is 0. The van der Waals surface area contributed by atoms with E-state index in [1.165, 1.54) is 45.1 Å². The summed E-state index contributed by atoms with van der Waals surface area (Å²) >= 11 is 0. The predicted octanol–water partition coefficient (Wildman–Crippen LogP) is 2.55. The highest BCUT2D eigenvalue weighted by Gasteiger charge is 2.38. The fraction of sp³-hybridized carbons (Fsp3) is 0.900. The molecular formula is C20H35N3O2. The van der Waals surface area contributed by atoms with E-state index in [0.717, 1.165) is 38.4 Å².